The molecule has 0 atom stereocenters. The van der Waals surface area contributed by atoms with Crippen molar-refractivity contribution >= 4 is 26.4 Å². The van der Waals surface area contributed by atoms with Crippen molar-refractivity contribution < 1.29 is 18.1 Å². The highest BCUT2D eigenvalue weighted by Gasteiger charge is 2.30. The molecule has 140 valence electrons. The molecule has 0 unspecified atom stereocenters. The Bertz CT molecular complexity index is 1060. The molecule has 1 aliphatic rings. The van der Waals surface area contributed by atoms with Crippen molar-refractivity contribution in [2.75, 3.05) is 31.2 Å². The van der Waals surface area contributed by atoms with E-state index in [0.29, 0.717) is 36.1 Å². The Morgan fingerprint density at radius 1 is 1.07 bits per heavy atom. The van der Waals surface area contributed by atoms with Gasteiger partial charge in [-0.25, -0.2) is 13.4 Å². The number of fused-ring (bicyclic) bond motifs is 1. The van der Waals surface area contributed by atoms with Crippen LogP contribution in [0.5, 0.6) is 0 Å². The van der Waals surface area contributed by atoms with E-state index in [-0.39, 0.29) is 0 Å². The van der Waals surface area contributed by atoms with E-state index in [1.54, 1.807) is 30.5 Å². The monoisotopic (exact) mass is 383 g/mol. The van der Waals surface area contributed by atoms with E-state index >= 15 is 0 Å². The summed E-state index contributed by atoms with van der Waals surface area (Å²) in [5, 5.41) is 0.938. The topological polar surface area (TPSA) is 60.8 Å². The Kier molecular flexibility index (Phi) is 4.85. The van der Waals surface area contributed by atoms with Crippen molar-refractivity contribution in [3.8, 4) is 0 Å². The van der Waals surface area contributed by atoms with Gasteiger partial charge in [0.25, 0.3) is 0 Å². The molecule has 27 heavy (non-hydrogen) atoms. The summed E-state index contributed by atoms with van der Waals surface area (Å²) in [6.45, 7) is 4.64. The van der Waals surface area contributed by atoms with Gasteiger partial charge in [-0.1, -0.05) is 31.2 Å². The standard InChI is InChI=1S/C21H22N2O3S/c1-2-16-8-9-19-18(14-16)21(23-10-12-26-13-11-23)20(15-22-19)27(24,25)17-6-4-3-5-7-17/h3-9,14-15H,2,10-13H2,1H3/p+1. The fraction of sp³-hybridized carbons (Fsp3) is 0.286. The first-order valence-electron chi connectivity index (χ1n) is 9.21. The molecule has 0 saturated carbocycles. The lowest BCUT2D eigenvalue weighted by Gasteiger charge is -2.30. The van der Waals surface area contributed by atoms with Crippen LogP contribution in [0.25, 0.3) is 10.9 Å². The van der Waals surface area contributed by atoms with Crippen molar-refractivity contribution in [2.24, 2.45) is 0 Å². The maximum atomic E-state index is 13.4. The molecule has 1 aliphatic heterocycles. The van der Waals surface area contributed by atoms with Crippen molar-refractivity contribution in [3.63, 3.8) is 0 Å². The number of pyridine rings is 1. The number of morpholine rings is 1. The molecule has 0 radical (unpaired) electrons. The van der Waals surface area contributed by atoms with Crippen LogP contribution in [0.1, 0.15) is 12.5 Å². The van der Waals surface area contributed by atoms with Gasteiger partial charge in [0.1, 0.15) is 0 Å². The van der Waals surface area contributed by atoms with Crippen LogP contribution in [0.2, 0.25) is 0 Å². The molecule has 1 fully saturated rings. The summed E-state index contributed by atoms with van der Waals surface area (Å²) < 4.78 is 32.3. The zero-order chi connectivity index (χ0) is 18.9. The molecule has 5 nitrogen and oxygen atoms in total. The third-order valence-corrected chi connectivity index (χ3v) is 6.79. The van der Waals surface area contributed by atoms with E-state index in [2.05, 4.69) is 28.9 Å². The average Bonchev–Trinajstić information content (AvgIpc) is 2.73. The minimum atomic E-state index is -3.64. The van der Waals surface area contributed by atoms with Crippen LogP contribution in [0, 0.1) is 0 Å². The number of aryl methyl sites for hydroxylation is 1. The summed E-state index contributed by atoms with van der Waals surface area (Å²) in [7, 11) is -3.64. The van der Waals surface area contributed by atoms with E-state index in [9.17, 15) is 8.42 Å². The molecule has 1 saturated heterocycles. The van der Waals surface area contributed by atoms with E-state index in [0.717, 1.165) is 23.0 Å². The molecule has 4 rings (SSSR count). The second kappa shape index (κ2) is 7.29. The second-order valence-electron chi connectivity index (χ2n) is 6.65. The lowest BCUT2D eigenvalue weighted by atomic mass is 10.1. The number of aromatic amines is 1. The normalized spacial score (nSPS) is 15.2. The van der Waals surface area contributed by atoms with Crippen LogP contribution in [0.4, 0.5) is 5.69 Å². The first-order chi connectivity index (χ1) is 13.1. The van der Waals surface area contributed by atoms with Gasteiger partial charge in [0.15, 0.2) is 11.1 Å². The maximum absolute atomic E-state index is 13.4. The van der Waals surface area contributed by atoms with E-state index in [1.807, 2.05) is 12.1 Å². The predicted octanol–water partition coefficient (Wildman–Crippen LogP) is 2.89. The fourth-order valence-corrected chi connectivity index (χ4v) is 5.00. The number of H-pyrrole nitrogens is 1. The highest BCUT2D eigenvalue weighted by atomic mass is 32.2. The fourth-order valence-electron chi connectivity index (χ4n) is 3.52. The number of ether oxygens (including phenoxy) is 1. The Morgan fingerprint density at radius 2 is 1.81 bits per heavy atom. The molecule has 3 aromatic rings. The molecule has 0 bridgehead atoms. The number of nitrogens with one attached hydrogen (secondary N) is 1. The van der Waals surface area contributed by atoms with Crippen LogP contribution in [-0.2, 0) is 21.0 Å². The van der Waals surface area contributed by atoms with Crippen LogP contribution in [0.15, 0.2) is 64.5 Å². The van der Waals surface area contributed by atoms with Gasteiger partial charge in [0.2, 0.25) is 15.4 Å². The van der Waals surface area contributed by atoms with Gasteiger partial charge in [-0.05, 0) is 30.2 Å². The highest BCUT2D eigenvalue weighted by Crippen LogP contribution is 2.35. The molecule has 0 aliphatic carbocycles. The smallest absolute Gasteiger partial charge is 0.214 e. The van der Waals surface area contributed by atoms with Crippen LogP contribution in [0.3, 0.4) is 0 Å². The van der Waals surface area contributed by atoms with Gasteiger partial charge in [-0.2, -0.15) is 0 Å². The average molecular weight is 383 g/mol. The third-order valence-electron chi connectivity index (χ3n) is 5.01. The Hall–Kier alpha value is -2.44. The zero-order valence-corrected chi connectivity index (χ0v) is 16.1. The number of sulfone groups is 1. The van der Waals surface area contributed by atoms with Crippen molar-refractivity contribution in [1.29, 1.82) is 0 Å². The number of benzene rings is 2. The lowest BCUT2D eigenvalue weighted by Crippen LogP contribution is -2.37. The van der Waals surface area contributed by atoms with Crippen molar-refractivity contribution in [1.82, 2.24) is 0 Å². The van der Waals surface area contributed by atoms with Crippen molar-refractivity contribution in [3.05, 3.63) is 60.3 Å². The van der Waals surface area contributed by atoms with Gasteiger partial charge >= 0.3 is 0 Å². The van der Waals surface area contributed by atoms with Gasteiger partial charge in [0, 0.05) is 19.2 Å². The van der Waals surface area contributed by atoms with Gasteiger partial charge in [-0.3, -0.25) is 0 Å². The highest BCUT2D eigenvalue weighted by molar-refractivity contribution is 7.91. The van der Waals surface area contributed by atoms with E-state index in [1.165, 1.54) is 5.56 Å². The number of aromatic nitrogens is 1. The van der Waals surface area contributed by atoms with E-state index < -0.39 is 9.84 Å². The predicted molar refractivity (Wildman–Crippen MR) is 105 cm³/mol. The second-order valence-corrected chi connectivity index (χ2v) is 8.57. The number of hydrogen-bond donors (Lipinski definition) is 0. The molecule has 2 heterocycles. The molecular weight excluding hydrogens is 360 g/mol. The largest absolute Gasteiger partial charge is 0.378 e. The summed E-state index contributed by atoms with van der Waals surface area (Å²) in [6.07, 6.45) is 2.52. The summed E-state index contributed by atoms with van der Waals surface area (Å²) in [4.78, 5) is 5.94. The van der Waals surface area contributed by atoms with Crippen LogP contribution < -0.4 is 9.88 Å². The lowest BCUT2D eigenvalue weighted by molar-refractivity contribution is -0.347. The number of nitrogens with zero attached hydrogens (tertiary/aromatic N) is 1. The number of anilines is 1. The molecule has 0 spiro atoms. The number of hydrogen-bond acceptors (Lipinski definition) is 4. The first-order valence-corrected chi connectivity index (χ1v) is 10.7. The van der Waals surface area contributed by atoms with Crippen molar-refractivity contribution in [2.45, 2.75) is 23.1 Å². The molecule has 1 aromatic heterocycles. The Morgan fingerprint density at radius 3 is 2.52 bits per heavy atom. The number of rotatable bonds is 4. The first kappa shape index (κ1) is 17.9. The SMILES string of the molecule is CCc1ccc2[nH+]cc(S(=O)(=O)c3ccccc3)c(N3CCOCC3)c2c1. The Labute approximate surface area is 159 Å². The minimum absolute atomic E-state index is 0.305. The summed E-state index contributed by atoms with van der Waals surface area (Å²) in [6, 6.07) is 14.8. The van der Waals surface area contributed by atoms with E-state index in [4.69, 9.17) is 4.74 Å². The maximum Gasteiger partial charge on any atom is 0.214 e. The molecular formula is C21H23N2O3S+. The summed E-state index contributed by atoms with van der Waals surface area (Å²) >= 11 is 0. The zero-order valence-electron chi connectivity index (χ0n) is 15.3. The van der Waals surface area contributed by atoms with Gasteiger partial charge in [-0.15, -0.1) is 0 Å². The summed E-state index contributed by atoms with van der Waals surface area (Å²) in [5.74, 6) is 0. The molecule has 6 heteroatoms. The quantitative estimate of drug-likeness (QED) is 0.695. The molecule has 0 amide bonds. The minimum Gasteiger partial charge on any atom is -0.378 e. The van der Waals surface area contributed by atoms with Gasteiger partial charge in [0.05, 0.1) is 29.2 Å². The Balaban J connectivity index is 1.99. The summed E-state index contributed by atoms with van der Waals surface area (Å²) in [5.41, 5.74) is 2.88. The third kappa shape index (κ3) is 3.31. The van der Waals surface area contributed by atoms with Gasteiger partial charge < -0.3 is 9.64 Å². The molecule has 2 aromatic carbocycles. The molecule has 1 N–H and O–H groups in total. The van der Waals surface area contributed by atoms with Crippen LogP contribution >= 0.6 is 0 Å². The van der Waals surface area contributed by atoms with Crippen LogP contribution in [-0.4, -0.2) is 34.7 Å².